The number of benzene rings is 1. The molecule has 4 aliphatic carbocycles. The monoisotopic (exact) mass is 728 g/mol. The normalized spacial score (nSPS) is 39.3. The Bertz CT molecular complexity index is 1500. The van der Waals surface area contributed by atoms with Gasteiger partial charge in [0, 0.05) is 31.7 Å². The minimum atomic E-state index is -4.27. The molecule has 6 fully saturated rings. The van der Waals surface area contributed by atoms with Crippen LogP contribution in [0.3, 0.4) is 0 Å². The summed E-state index contributed by atoms with van der Waals surface area (Å²) in [7, 11) is -1.80. The molecule has 2 saturated heterocycles. The number of likely N-dealkylation sites (N-methyl/N-ethyl adjacent to an activating group) is 1. The Morgan fingerprint density at radius 1 is 0.843 bits per heavy atom. The lowest BCUT2D eigenvalue weighted by atomic mass is 9.44. The van der Waals surface area contributed by atoms with Gasteiger partial charge in [-0.25, -0.2) is 8.42 Å². The van der Waals surface area contributed by atoms with E-state index in [0.29, 0.717) is 35.3 Å². The Hall–Kier alpha value is -2.01. The molecule has 10 heteroatoms. The highest BCUT2D eigenvalue weighted by Crippen LogP contribution is 2.67. The number of carbonyl (C=O) groups is 2. The Kier molecular flexibility index (Phi) is 11.4. The third kappa shape index (κ3) is 7.81. The van der Waals surface area contributed by atoms with E-state index in [1.807, 2.05) is 6.92 Å². The van der Waals surface area contributed by atoms with Crippen molar-refractivity contribution in [2.24, 2.45) is 34.5 Å². The van der Waals surface area contributed by atoms with Crippen LogP contribution in [0.25, 0.3) is 0 Å². The van der Waals surface area contributed by atoms with Crippen LogP contribution in [0.4, 0.5) is 0 Å². The molecular formula is C41H64N2O7S. The number of piperidine rings is 2. The van der Waals surface area contributed by atoms with Gasteiger partial charge in [0.2, 0.25) is 0 Å². The van der Waals surface area contributed by atoms with E-state index >= 15 is 0 Å². The molecule has 7 rings (SSSR count). The Labute approximate surface area is 307 Å². The van der Waals surface area contributed by atoms with Crippen molar-refractivity contribution < 1.29 is 36.5 Å². The number of rotatable bonds is 5. The maximum atomic E-state index is 12.5. The van der Waals surface area contributed by atoms with Crippen molar-refractivity contribution in [1.82, 2.24) is 4.90 Å². The highest BCUT2D eigenvalue weighted by atomic mass is 32.2. The molecule has 4 saturated carbocycles. The molecule has 1 aromatic carbocycles. The highest BCUT2D eigenvalue weighted by Gasteiger charge is 2.67. The Morgan fingerprint density at radius 3 is 2.08 bits per heavy atom. The van der Waals surface area contributed by atoms with Crippen LogP contribution in [0.2, 0.25) is 0 Å². The number of ether oxygens (including phenoxy) is 2. The van der Waals surface area contributed by atoms with Gasteiger partial charge >= 0.3 is 11.9 Å². The van der Waals surface area contributed by atoms with Gasteiger partial charge in [0.05, 0.1) is 25.0 Å². The minimum Gasteiger partial charge on any atom is -0.744 e. The van der Waals surface area contributed by atoms with Gasteiger partial charge in [0.25, 0.3) is 0 Å². The summed E-state index contributed by atoms with van der Waals surface area (Å²) in [6, 6.07) is 6.58. The molecule has 51 heavy (non-hydrogen) atoms. The number of likely N-dealkylation sites (tertiary alicyclic amines) is 2. The molecule has 1 aromatic rings. The third-order valence-corrected chi connectivity index (χ3v) is 15.9. The van der Waals surface area contributed by atoms with E-state index in [9.17, 15) is 22.6 Å². The zero-order valence-electron chi connectivity index (χ0n) is 32.1. The molecule has 0 spiro atoms. The van der Waals surface area contributed by atoms with Crippen LogP contribution >= 0.6 is 0 Å². The smallest absolute Gasteiger partial charge is 0.303 e. The lowest BCUT2D eigenvalue weighted by Crippen LogP contribution is -2.61. The summed E-state index contributed by atoms with van der Waals surface area (Å²) < 4.78 is 44.7. The highest BCUT2D eigenvalue weighted by molar-refractivity contribution is 7.85. The zero-order valence-corrected chi connectivity index (χ0v) is 32.9. The first kappa shape index (κ1) is 38.7. The second kappa shape index (κ2) is 15.0. The lowest BCUT2D eigenvalue weighted by molar-refractivity contribution is -0.940. The minimum absolute atomic E-state index is 0.0466. The molecule has 2 aliphatic heterocycles. The summed E-state index contributed by atoms with van der Waals surface area (Å²) in [5.74, 6) is 2.50. The van der Waals surface area contributed by atoms with Crippen LogP contribution in [0.15, 0.2) is 29.2 Å². The predicted molar refractivity (Wildman–Crippen MR) is 196 cm³/mol. The third-order valence-electron chi connectivity index (χ3n) is 15.0. The zero-order chi connectivity index (χ0) is 36.8. The van der Waals surface area contributed by atoms with Gasteiger partial charge in [-0.05, 0) is 132 Å². The van der Waals surface area contributed by atoms with Crippen molar-refractivity contribution in [2.75, 3.05) is 33.2 Å². The standard InChI is InChI=1S/C34H57N2O4.C7H8O3S/c1-23(37)39-31-20-25-12-13-26-27(34(25,4)22-29(31)35-16-8-6-9-17-35)14-15-33(3)28(26)21-30(32(33)40-24(2)38)36(5)18-10-7-11-19-36;1-6-2-4-7(5-3-6)11(8,9)10/h25-32H,6-22H2,1-5H3;2-5H,1H3,(H,8,9,10)/q+1;/p-1/t25-,26+,27-,28-,29-,30-,31-,32-,33-,34-;/m0./s1. The molecular weight excluding hydrogens is 665 g/mol. The van der Waals surface area contributed by atoms with E-state index in [4.69, 9.17) is 9.47 Å². The van der Waals surface area contributed by atoms with Gasteiger partial charge in [0.15, 0.2) is 6.10 Å². The molecule has 286 valence electrons. The topological polar surface area (TPSA) is 113 Å². The van der Waals surface area contributed by atoms with Crippen LogP contribution in [-0.4, -0.2) is 91.8 Å². The van der Waals surface area contributed by atoms with E-state index in [-0.39, 0.29) is 34.5 Å². The number of hydrogen-bond acceptors (Lipinski definition) is 8. The molecule has 6 aliphatic rings. The number of carbonyl (C=O) groups excluding carboxylic acids is 2. The first-order valence-corrected chi connectivity index (χ1v) is 21.4. The molecule has 0 unspecified atom stereocenters. The maximum absolute atomic E-state index is 12.5. The van der Waals surface area contributed by atoms with Crippen molar-refractivity contribution in [1.29, 1.82) is 0 Å². The fourth-order valence-corrected chi connectivity index (χ4v) is 12.9. The number of nitrogens with zero attached hydrogens (tertiary/aromatic N) is 2. The van der Waals surface area contributed by atoms with Crippen LogP contribution in [0.1, 0.15) is 117 Å². The van der Waals surface area contributed by atoms with Gasteiger partial charge in [-0.2, -0.15) is 0 Å². The van der Waals surface area contributed by atoms with E-state index in [1.54, 1.807) is 26.0 Å². The number of esters is 2. The van der Waals surface area contributed by atoms with Gasteiger partial charge in [0.1, 0.15) is 22.3 Å². The molecule has 0 amide bonds. The molecule has 0 N–H and O–H groups in total. The van der Waals surface area contributed by atoms with Crippen molar-refractivity contribution >= 4 is 22.1 Å². The van der Waals surface area contributed by atoms with Crippen LogP contribution in [0.5, 0.6) is 0 Å². The number of quaternary nitrogens is 1. The van der Waals surface area contributed by atoms with Crippen LogP contribution in [0, 0.1) is 41.4 Å². The largest absolute Gasteiger partial charge is 0.744 e. The average Bonchev–Trinajstić information content (AvgIpc) is 3.37. The average molecular weight is 729 g/mol. The predicted octanol–water partition coefficient (Wildman–Crippen LogP) is 6.87. The summed E-state index contributed by atoms with van der Waals surface area (Å²) >= 11 is 0. The Balaban J connectivity index is 0.000000349. The molecule has 9 nitrogen and oxygen atoms in total. The molecule has 0 aromatic heterocycles. The van der Waals surface area contributed by atoms with E-state index in [0.717, 1.165) is 35.5 Å². The van der Waals surface area contributed by atoms with Gasteiger partial charge < -0.3 is 18.5 Å². The summed E-state index contributed by atoms with van der Waals surface area (Å²) in [6.07, 6.45) is 16.3. The summed E-state index contributed by atoms with van der Waals surface area (Å²) in [4.78, 5) is 27.2. The van der Waals surface area contributed by atoms with Crippen LogP contribution < -0.4 is 0 Å². The van der Waals surface area contributed by atoms with E-state index in [1.165, 1.54) is 102 Å². The van der Waals surface area contributed by atoms with Crippen molar-refractivity contribution in [3.05, 3.63) is 29.8 Å². The van der Waals surface area contributed by atoms with E-state index in [2.05, 4.69) is 25.8 Å². The van der Waals surface area contributed by atoms with Gasteiger partial charge in [-0.15, -0.1) is 0 Å². The quantitative estimate of drug-likeness (QED) is 0.184. The maximum Gasteiger partial charge on any atom is 0.303 e. The summed E-state index contributed by atoms with van der Waals surface area (Å²) in [5, 5.41) is 0. The van der Waals surface area contributed by atoms with Crippen molar-refractivity contribution in [2.45, 2.75) is 147 Å². The molecule has 0 radical (unpaired) electrons. The van der Waals surface area contributed by atoms with Crippen molar-refractivity contribution in [3.8, 4) is 0 Å². The second-order valence-corrected chi connectivity index (χ2v) is 19.4. The van der Waals surface area contributed by atoms with Gasteiger partial charge in [-0.1, -0.05) is 38.0 Å². The van der Waals surface area contributed by atoms with Crippen molar-refractivity contribution in [3.63, 3.8) is 0 Å². The fourth-order valence-electron chi connectivity index (χ4n) is 12.4. The number of fused-ring (bicyclic) bond motifs is 5. The molecule has 0 bridgehead atoms. The SMILES string of the molecule is CC(=O)O[C@H]1C[C@@H]2CC[C@@H]3[C@H](CC[C@@]4(C)[C@H]3C[C@H]([N+]3(C)CCCCC3)[C@@H]4OC(C)=O)[C@@]2(C)C[C@@H]1N1CCCCC1.Cc1ccc(S(=O)(=O)[O-])cc1. The first-order chi connectivity index (χ1) is 24.0. The Morgan fingerprint density at radius 2 is 1.47 bits per heavy atom. The molecule has 10 atom stereocenters. The second-order valence-electron chi connectivity index (χ2n) is 18.0. The summed E-state index contributed by atoms with van der Waals surface area (Å²) in [6.45, 7) is 14.9. The van der Waals surface area contributed by atoms with E-state index < -0.39 is 10.1 Å². The fraction of sp³-hybridized carbons (Fsp3) is 0.805. The summed E-state index contributed by atoms with van der Waals surface area (Å²) in [5.41, 5.74) is 1.31. The van der Waals surface area contributed by atoms with Crippen LogP contribution in [-0.2, 0) is 29.2 Å². The van der Waals surface area contributed by atoms with Gasteiger partial charge in [-0.3, -0.25) is 14.5 Å². The number of aryl methyl sites for hydroxylation is 1. The first-order valence-electron chi connectivity index (χ1n) is 20.0. The number of hydrogen-bond donors (Lipinski definition) is 0. The molecule has 2 heterocycles. The lowest BCUT2D eigenvalue weighted by Gasteiger charge is -2.62.